The van der Waals surface area contributed by atoms with Crippen LogP contribution in [0.1, 0.15) is 17.0 Å². The van der Waals surface area contributed by atoms with Gasteiger partial charge in [0.2, 0.25) is 11.9 Å². The van der Waals surface area contributed by atoms with E-state index in [4.69, 9.17) is 5.73 Å². The molecular weight excluding hydrogens is 268 g/mol. The fourth-order valence-corrected chi connectivity index (χ4v) is 1.96. The first kappa shape index (κ1) is 14.9. The van der Waals surface area contributed by atoms with E-state index in [2.05, 4.69) is 15.3 Å². The predicted octanol–water partition coefficient (Wildman–Crippen LogP) is 1.31. The molecule has 0 spiro atoms. The number of carbonyl (C=O) groups is 1. The van der Waals surface area contributed by atoms with E-state index in [1.807, 2.05) is 19.9 Å². The van der Waals surface area contributed by atoms with Gasteiger partial charge in [0.05, 0.1) is 6.04 Å². The summed E-state index contributed by atoms with van der Waals surface area (Å²) < 4.78 is 0. The number of nitrogens with zero attached hydrogens (tertiary/aromatic N) is 2. The van der Waals surface area contributed by atoms with Gasteiger partial charge in [-0.3, -0.25) is 10.1 Å². The number of aromatic hydroxyl groups is 1. The van der Waals surface area contributed by atoms with E-state index in [0.717, 1.165) is 17.0 Å². The molecule has 4 N–H and O–H groups in total. The highest BCUT2D eigenvalue weighted by atomic mass is 16.3. The molecule has 6 heteroatoms. The molecule has 1 atom stereocenters. The molecule has 1 heterocycles. The first-order valence-corrected chi connectivity index (χ1v) is 6.60. The van der Waals surface area contributed by atoms with Gasteiger partial charge in [0.1, 0.15) is 5.75 Å². The Morgan fingerprint density at radius 1 is 1.24 bits per heavy atom. The molecule has 0 bridgehead atoms. The lowest BCUT2D eigenvalue weighted by atomic mass is 10.1. The van der Waals surface area contributed by atoms with Crippen molar-refractivity contribution in [1.29, 1.82) is 0 Å². The van der Waals surface area contributed by atoms with Gasteiger partial charge in [-0.25, -0.2) is 9.97 Å². The van der Waals surface area contributed by atoms with Crippen LogP contribution in [0, 0.1) is 13.8 Å². The van der Waals surface area contributed by atoms with Gasteiger partial charge >= 0.3 is 0 Å². The number of hydrogen-bond donors (Lipinski definition) is 3. The highest BCUT2D eigenvalue weighted by Gasteiger charge is 2.15. The van der Waals surface area contributed by atoms with Crippen molar-refractivity contribution in [1.82, 2.24) is 9.97 Å². The van der Waals surface area contributed by atoms with E-state index in [0.29, 0.717) is 6.42 Å². The van der Waals surface area contributed by atoms with Crippen LogP contribution in [-0.2, 0) is 11.2 Å². The molecule has 1 aromatic carbocycles. The maximum Gasteiger partial charge on any atom is 0.243 e. The van der Waals surface area contributed by atoms with Crippen LogP contribution in [0.3, 0.4) is 0 Å². The molecular formula is C15H18N4O2. The van der Waals surface area contributed by atoms with Crippen molar-refractivity contribution < 1.29 is 9.90 Å². The Hall–Kier alpha value is -2.47. The van der Waals surface area contributed by atoms with E-state index in [9.17, 15) is 9.90 Å². The number of benzene rings is 1. The SMILES string of the molecule is Cc1cc(C)nc(NC(=O)[C@@H](N)Cc2ccc(O)cc2)n1. The summed E-state index contributed by atoms with van der Waals surface area (Å²) in [4.78, 5) is 20.3. The predicted molar refractivity (Wildman–Crippen MR) is 79.9 cm³/mol. The molecule has 6 nitrogen and oxygen atoms in total. The van der Waals surface area contributed by atoms with Crippen molar-refractivity contribution in [2.45, 2.75) is 26.3 Å². The maximum atomic E-state index is 12.0. The Morgan fingerprint density at radius 2 is 1.81 bits per heavy atom. The van der Waals surface area contributed by atoms with E-state index in [1.54, 1.807) is 24.3 Å². The van der Waals surface area contributed by atoms with Crippen LogP contribution in [0.25, 0.3) is 0 Å². The second-order valence-corrected chi connectivity index (χ2v) is 4.94. The molecule has 0 aliphatic heterocycles. The average Bonchev–Trinajstić information content (AvgIpc) is 2.40. The van der Waals surface area contributed by atoms with Gasteiger partial charge < -0.3 is 10.8 Å². The third-order valence-electron chi connectivity index (χ3n) is 2.95. The molecule has 0 aliphatic carbocycles. The van der Waals surface area contributed by atoms with Crippen molar-refractivity contribution in [2.24, 2.45) is 5.73 Å². The monoisotopic (exact) mass is 286 g/mol. The number of aryl methyl sites for hydroxylation is 2. The lowest BCUT2D eigenvalue weighted by molar-refractivity contribution is -0.117. The quantitative estimate of drug-likeness (QED) is 0.786. The minimum Gasteiger partial charge on any atom is -0.508 e. The number of nitrogens with two attached hydrogens (primary N) is 1. The molecule has 2 rings (SSSR count). The maximum absolute atomic E-state index is 12.0. The Labute approximate surface area is 123 Å². The second kappa shape index (κ2) is 6.32. The van der Waals surface area contributed by atoms with Gasteiger partial charge in [0, 0.05) is 11.4 Å². The minimum atomic E-state index is -0.709. The van der Waals surface area contributed by atoms with Crippen LogP contribution in [0.15, 0.2) is 30.3 Å². The molecule has 21 heavy (non-hydrogen) atoms. The number of aromatic nitrogens is 2. The van der Waals surface area contributed by atoms with E-state index in [-0.39, 0.29) is 17.6 Å². The first-order valence-electron chi connectivity index (χ1n) is 6.60. The summed E-state index contributed by atoms with van der Waals surface area (Å²) in [7, 11) is 0. The van der Waals surface area contributed by atoms with Crippen molar-refractivity contribution in [3.8, 4) is 5.75 Å². The number of rotatable bonds is 4. The number of phenolic OH excluding ortho intramolecular Hbond substituents is 1. The number of carbonyl (C=O) groups excluding carboxylic acids is 1. The third kappa shape index (κ3) is 4.25. The fraction of sp³-hybridized carbons (Fsp3) is 0.267. The molecule has 1 aromatic heterocycles. The van der Waals surface area contributed by atoms with Crippen molar-refractivity contribution >= 4 is 11.9 Å². The van der Waals surface area contributed by atoms with Gasteiger partial charge in [-0.1, -0.05) is 12.1 Å². The minimum absolute atomic E-state index is 0.181. The lowest BCUT2D eigenvalue weighted by Crippen LogP contribution is -2.37. The van der Waals surface area contributed by atoms with Crippen LogP contribution in [0.2, 0.25) is 0 Å². The molecule has 0 fully saturated rings. The summed E-state index contributed by atoms with van der Waals surface area (Å²) in [5.41, 5.74) is 8.32. The van der Waals surface area contributed by atoms with E-state index in [1.165, 1.54) is 0 Å². The second-order valence-electron chi connectivity index (χ2n) is 4.94. The van der Waals surface area contributed by atoms with Gasteiger partial charge in [-0.05, 0) is 44.0 Å². The number of phenols is 1. The Bertz CT molecular complexity index is 620. The number of anilines is 1. The average molecular weight is 286 g/mol. The van der Waals surface area contributed by atoms with E-state index >= 15 is 0 Å². The lowest BCUT2D eigenvalue weighted by Gasteiger charge is -2.12. The molecule has 110 valence electrons. The summed E-state index contributed by atoms with van der Waals surface area (Å²) in [6.45, 7) is 3.67. The smallest absolute Gasteiger partial charge is 0.243 e. The Balaban J connectivity index is 2.00. The highest BCUT2D eigenvalue weighted by molar-refractivity contribution is 5.93. The Morgan fingerprint density at radius 3 is 2.38 bits per heavy atom. The fourth-order valence-electron chi connectivity index (χ4n) is 1.96. The summed E-state index contributed by atoms with van der Waals surface area (Å²) in [6.07, 6.45) is 0.372. The number of hydrogen-bond acceptors (Lipinski definition) is 5. The van der Waals surface area contributed by atoms with Crippen LogP contribution in [-0.4, -0.2) is 27.0 Å². The summed E-state index contributed by atoms with van der Waals surface area (Å²) >= 11 is 0. The van der Waals surface area contributed by atoms with Gasteiger partial charge in [0.15, 0.2) is 0 Å². The van der Waals surface area contributed by atoms with E-state index < -0.39 is 6.04 Å². The van der Waals surface area contributed by atoms with Crippen LogP contribution in [0.4, 0.5) is 5.95 Å². The zero-order valence-electron chi connectivity index (χ0n) is 12.0. The summed E-state index contributed by atoms with van der Waals surface area (Å²) in [5.74, 6) is 0.104. The van der Waals surface area contributed by atoms with Gasteiger partial charge in [0.25, 0.3) is 0 Å². The third-order valence-corrected chi connectivity index (χ3v) is 2.95. The van der Waals surface area contributed by atoms with Gasteiger partial charge in [-0.15, -0.1) is 0 Å². The summed E-state index contributed by atoms with van der Waals surface area (Å²) in [5, 5.41) is 11.8. The molecule has 2 aromatic rings. The van der Waals surface area contributed by atoms with Crippen LogP contribution in [0.5, 0.6) is 5.75 Å². The van der Waals surface area contributed by atoms with Crippen molar-refractivity contribution in [3.63, 3.8) is 0 Å². The number of nitrogens with one attached hydrogen (secondary N) is 1. The van der Waals surface area contributed by atoms with Gasteiger partial charge in [-0.2, -0.15) is 0 Å². The number of amides is 1. The van der Waals surface area contributed by atoms with Crippen LogP contribution < -0.4 is 11.1 Å². The van der Waals surface area contributed by atoms with Crippen LogP contribution >= 0.6 is 0 Å². The van der Waals surface area contributed by atoms with Crippen molar-refractivity contribution in [3.05, 3.63) is 47.3 Å². The normalized spacial score (nSPS) is 12.0. The standard InChI is InChI=1S/C15H18N4O2/c1-9-7-10(2)18-15(17-9)19-14(21)13(16)8-11-3-5-12(20)6-4-11/h3-7,13,20H,8,16H2,1-2H3,(H,17,18,19,21)/t13-/m0/s1. The first-order chi connectivity index (χ1) is 9.94. The summed E-state index contributed by atoms with van der Waals surface area (Å²) in [6, 6.07) is 7.70. The molecule has 0 radical (unpaired) electrons. The zero-order valence-corrected chi connectivity index (χ0v) is 12.0. The Kier molecular flexibility index (Phi) is 4.49. The largest absolute Gasteiger partial charge is 0.508 e. The molecule has 0 saturated carbocycles. The molecule has 0 saturated heterocycles. The molecule has 0 unspecified atom stereocenters. The zero-order chi connectivity index (χ0) is 15.4. The molecule has 0 aliphatic rings. The topological polar surface area (TPSA) is 101 Å². The van der Waals surface area contributed by atoms with Crippen molar-refractivity contribution in [2.75, 3.05) is 5.32 Å². The highest BCUT2D eigenvalue weighted by Crippen LogP contribution is 2.11. The molecule has 1 amide bonds.